The molecule has 1 N–H and O–H groups in total. The van der Waals surface area contributed by atoms with Gasteiger partial charge in [-0.05, 0) is 36.3 Å². The minimum Gasteiger partial charge on any atom is -0.310 e. The van der Waals surface area contributed by atoms with Gasteiger partial charge in [0.1, 0.15) is 0 Å². The highest BCUT2D eigenvalue weighted by atomic mass is 14.9. The van der Waals surface area contributed by atoms with Gasteiger partial charge in [-0.15, -0.1) is 0 Å². The van der Waals surface area contributed by atoms with Crippen molar-refractivity contribution in [2.45, 2.75) is 65.0 Å². The Kier molecular flexibility index (Phi) is 4.82. The third-order valence-electron chi connectivity index (χ3n) is 4.21. The Morgan fingerprint density at radius 1 is 1.11 bits per heavy atom. The SMILES string of the molecule is CC(CC1CCC1)NCc1ccc(C(C)C)cc1. The van der Waals surface area contributed by atoms with E-state index in [0.717, 1.165) is 12.5 Å². The minimum absolute atomic E-state index is 0.629. The highest BCUT2D eigenvalue weighted by molar-refractivity contribution is 5.24. The molecule has 1 heteroatoms. The van der Waals surface area contributed by atoms with Crippen LogP contribution in [0.3, 0.4) is 0 Å². The molecule has 1 fully saturated rings. The molecule has 1 nitrogen and oxygen atoms in total. The summed E-state index contributed by atoms with van der Waals surface area (Å²) in [5.41, 5.74) is 2.83. The lowest BCUT2D eigenvalue weighted by Gasteiger charge is -2.28. The van der Waals surface area contributed by atoms with E-state index in [9.17, 15) is 0 Å². The predicted octanol–water partition coefficient (Wildman–Crippen LogP) is 4.48. The lowest BCUT2D eigenvalue weighted by Crippen LogP contribution is -2.29. The molecular formula is C17H27N. The van der Waals surface area contributed by atoms with Gasteiger partial charge in [-0.1, -0.05) is 57.4 Å². The molecule has 1 saturated carbocycles. The molecule has 0 radical (unpaired) electrons. The fourth-order valence-corrected chi connectivity index (χ4v) is 2.62. The van der Waals surface area contributed by atoms with Gasteiger partial charge < -0.3 is 5.32 Å². The molecule has 0 heterocycles. The van der Waals surface area contributed by atoms with Crippen molar-refractivity contribution in [1.29, 1.82) is 0 Å². The maximum Gasteiger partial charge on any atom is 0.0207 e. The second kappa shape index (κ2) is 6.38. The van der Waals surface area contributed by atoms with Crippen LogP contribution in [-0.2, 0) is 6.54 Å². The third-order valence-corrected chi connectivity index (χ3v) is 4.21. The van der Waals surface area contributed by atoms with Crippen LogP contribution in [0.1, 0.15) is 63.5 Å². The highest BCUT2D eigenvalue weighted by Gasteiger charge is 2.19. The van der Waals surface area contributed by atoms with E-state index in [0.29, 0.717) is 12.0 Å². The molecule has 100 valence electrons. The number of benzene rings is 1. The van der Waals surface area contributed by atoms with Crippen molar-refractivity contribution in [1.82, 2.24) is 5.32 Å². The van der Waals surface area contributed by atoms with Crippen LogP contribution in [0.4, 0.5) is 0 Å². The van der Waals surface area contributed by atoms with E-state index in [1.54, 1.807) is 0 Å². The molecule has 2 rings (SSSR count). The number of nitrogens with one attached hydrogen (secondary N) is 1. The molecular weight excluding hydrogens is 218 g/mol. The fraction of sp³-hybridized carbons (Fsp3) is 0.647. The molecule has 1 aromatic carbocycles. The Morgan fingerprint density at radius 2 is 1.78 bits per heavy atom. The van der Waals surface area contributed by atoms with Crippen LogP contribution in [0.5, 0.6) is 0 Å². The Hall–Kier alpha value is -0.820. The maximum absolute atomic E-state index is 3.65. The number of hydrogen-bond acceptors (Lipinski definition) is 1. The summed E-state index contributed by atoms with van der Waals surface area (Å²) in [6.45, 7) is 7.81. The summed E-state index contributed by atoms with van der Waals surface area (Å²) in [6, 6.07) is 9.70. The summed E-state index contributed by atoms with van der Waals surface area (Å²) in [6.07, 6.45) is 5.71. The molecule has 0 bridgehead atoms. The van der Waals surface area contributed by atoms with E-state index >= 15 is 0 Å². The first-order valence-corrected chi connectivity index (χ1v) is 7.47. The van der Waals surface area contributed by atoms with Crippen LogP contribution < -0.4 is 5.32 Å². The van der Waals surface area contributed by atoms with Gasteiger partial charge in [0.15, 0.2) is 0 Å². The normalized spacial score (nSPS) is 17.8. The zero-order chi connectivity index (χ0) is 13.0. The van der Waals surface area contributed by atoms with Gasteiger partial charge >= 0.3 is 0 Å². The van der Waals surface area contributed by atoms with E-state index in [2.05, 4.69) is 50.4 Å². The first-order chi connectivity index (χ1) is 8.65. The third kappa shape index (κ3) is 3.84. The van der Waals surface area contributed by atoms with Gasteiger partial charge in [0.05, 0.1) is 0 Å². The summed E-state index contributed by atoms with van der Waals surface area (Å²) in [7, 11) is 0. The summed E-state index contributed by atoms with van der Waals surface area (Å²) in [5.74, 6) is 1.63. The summed E-state index contributed by atoms with van der Waals surface area (Å²) < 4.78 is 0. The Morgan fingerprint density at radius 3 is 2.28 bits per heavy atom. The van der Waals surface area contributed by atoms with Crippen LogP contribution >= 0.6 is 0 Å². The quantitative estimate of drug-likeness (QED) is 0.779. The maximum atomic E-state index is 3.65. The molecule has 0 aliphatic heterocycles. The Bertz CT molecular complexity index is 348. The lowest BCUT2D eigenvalue weighted by atomic mass is 9.81. The zero-order valence-corrected chi connectivity index (χ0v) is 12.1. The van der Waals surface area contributed by atoms with Crippen LogP contribution in [0.15, 0.2) is 24.3 Å². The van der Waals surface area contributed by atoms with E-state index < -0.39 is 0 Å². The largest absolute Gasteiger partial charge is 0.310 e. The Balaban J connectivity index is 1.74. The average molecular weight is 245 g/mol. The summed E-state index contributed by atoms with van der Waals surface area (Å²) in [5, 5.41) is 3.65. The molecule has 1 unspecified atom stereocenters. The van der Waals surface area contributed by atoms with E-state index in [1.807, 2.05) is 0 Å². The molecule has 0 aromatic heterocycles. The van der Waals surface area contributed by atoms with Crippen molar-refractivity contribution < 1.29 is 0 Å². The molecule has 1 aliphatic rings. The van der Waals surface area contributed by atoms with E-state index in [4.69, 9.17) is 0 Å². The first kappa shape index (κ1) is 13.6. The predicted molar refractivity (Wildman–Crippen MR) is 78.8 cm³/mol. The number of hydrogen-bond donors (Lipinski definition) is 1. The molecule has 1 atom stereocenters. The summed E-state index contributed by atoms with van der Waals surface area (Å²) in [4.78, 5) is 0. The van der Waals surface area contributed by atoms with Crippen molar-refractivity contribution in [2.75, 3.05) is 0 Å². The van der Waals surface area contributed by atoms with Gasteiger partial charge in [0, 0.05) is 12.6 Å². The molecule has 0 amide bonds. The van der Waals surface area contributed by atoms with Gasteiger partial charge in [-0.3, -0.25) is 0 Å². The zero-order valence-electron chi connectivity index (χ0n) is 12.1. The second-order valence-corrected chi connectivity index (χ2v) is 6.21. The van der Waals surface area contributed by atoms with Crippen molar-refractivity contribution in [3.8, 4) is 0 Å². The fourth-order valence-electron chi connectivity index (χ4n) is 2.62. The van der Waals surface area contributed by atoms with Gasteiger partial charge in [0.25, 0.3) is 0 Å². The minimum atomic E-state index is 0.629. The lowest BCUT2D eigenvalue weighted by molar-refractivity contribution is 0.265. The smallest absolute Gasteiger partial charge is 0.0207 e. The molecule has 1 aliphatic carbocycles. The Labute approximate surface area is 112 Å². The van der Waals surface area contributed by atoms with Crippen LogP contribution in [0.25, 0.3) is 0 Å². The monoisotopic (exact) mass is 245 g/mol. The summed E-state index contributed by atoms with van der Waals surface area (Å²) >= 11 is 0. The molecule has 1 aromatic rings. The van der Waals surface area contributed by atoms with E-state index in [1.165, 1.54) is 36.8 Å². The molecule has 0 spiro atoms. The van der Waals surface area contributed by atoms with Crippen molar-refractivity contribution in [3.63, 3.8) is 0 Å². The van der Waals surface area contributed by atoms with Crippen LogP contribution in [0, 0.1) is 5.92 Å². The van der Waals surface area contributed by atoms with Gasteiger partial charge in [-0.25, -0.2) is 0 Å². The molecule has 18 heavy (non-hydrogen) atoms. The second-order valence-electron chi connectivity index (χ2n) is 6.21. The highest BCUT2D eigenvalue weighted by Crippen LogP contribution is 2.30. The van der Waals surface area contributed by atoms with Crippen LogP contribution in [-0.4, -0.2) is 6.04 Å². The topological polar surface area (TPSA) is 12.0 Å². The van der Waals surface area contributed by atoms with Gasteiger partial charge in [-0.2, -0.15) is 0 Å². The van der Waals surface area contributed by atoms with Gasteiger partial charge in [0.2, 0.25) is 0 Å². The van der Waals surface area contributed by atoms with E-state index in [-0.39, 0.29) is 0 Å². The standard InChI is InChI=1S/C17H27N/c1-13(2)17-9-7-16(8-10-17)12-18-14(3)11-15-5-4-6-15/h7-10,13-15,18H,4-6,11-12H2,1-3H3. The average Bonchev–Trinajstić information content (AvgIpc) is 2.32. The van der Waals surface area contributed by atoms with Crippen molar-refractivity contribution >= 4 is 0 Å². The van der Waals surface area contributed by atoms with Crippen molar-refractivity contribution in [2.24, 2.45) is 5.92 Å². The van der Waals surface area contributed by atoms with Crippen molar-refractivity contribution in [3.05, 3.63) is 35.4 Å². The van der Waals surface area contributed by atoms with Crippen LogP contribution in [0.2, 0.25) is 0 Å². The first-order valence-electron chi connectivity index (χ1n) is 7.47. The molecule has 0 saturated heterocycles. The number of rotatable bonds is 6.